The second-order valence-electron chi connectivity index (χ2n) is 7.77. The molecule has 1 heterocycles. The molecule has 0 fully saturated rings. The van der Waals surface area contributed by atoms with Crippen LogP contribution in [0.5, 0.6) is 17.2 Å². The van der Waals surface area contributed by atoms with Gasteiger partial charge in [0.2, 0.25) is 11.2 Å². The van der Waals surface area contributed by atoms with Gasteiger partial charge in [-0.1, -0.05) is 55.6 Å². The minimum atomic E-state index is -0.293. The van der Waals surface area contributed by atoms with Crippen molar-refractivity contribution in [3.8, 4) is 28.4 Å². The van der Waals surface area contributed by atoms with Crippen molar-refractivity contribution in [3.05, 3.63) is 114 Å². The number of rotatable bonds is 9. The Kier molecular flexibility index (Phi) is 6.72. The van der Waals surface area contributed by atoms with Crippen LogP contribution in [0.1, 0.15) is 5.56 Å². The maximum absolute atomic E-state index is 13.1. The SMILES string of the molecule is C=CC[NH+](CC=C)Cc1c(O)ccc2c(=O)c(Oc3ccc(-c4ccccc4)cc3)coc12. The molecule has 5 nitrogen and oxygen atoms in total. The molecule has 166 valence electrons. The average molecular weight is 441 g/mol. The van der Waals surface area contributed by atoms with E-state index in [0.717, 1.165) is 16.0 Å². The minimum absolute atomic E-state index is 0.0847. The van der Waals surface area contributed by atoms with Crippen LogP contribution >= 0.6 is 0 Å². The van der Waals surface area contributed by atoms with Gasteiger partial charge in [-0.05, 0) is 47.5 Å². The number of benzene rings is 3. The molecule has 33 heavy (non-hydrogen) atoms. The van der Waals surface area contributed by atoms with E-state index in [1.54, 1.807) is 6.07 Å². The number of hydrogen-bond donors (Lipinski definition) is 2. The molecule has 0 atom stereocenters. The number of hydrogen-bond acceptors (Lipinski definition) is 4. The van der Waals surface area contributed by atoms with Gasteiger partial charge in [0.25, 0.3) is 0 Å². The molecule has 0 amide bonds. The fourth-order valence-corrected chi connectivity index (χ4v) is 3.83. The normalized spacial score (nSPS) is 10.9. The summed E-state index contributed by atoms with van der Waals surface area (Å²) in [7, 11) is 0. The lowest BCUT2D eigenvalue weighted by molar-refractivity contribution is -0.902. The van der Waals surface area contributed by atoms with Crippen LogP contribution in [-0.4, -0.2) is 18.2 Å². The number of quaternary nitrogens is 1. The highest BCUT2D eigenvalue weighted by atomic mass is 16.5. The number of ether oxygens (including phenoxy) is 1. The number of aromatic hydroxyl groups is 1. The van der Waals surface area contributed by atoms with E-state index in [1.807, 2.05) is 66.7 Å². The Balaban J connectivity index is 1.63. The molecule has 0 aliphatic rings. The van der Waals surface area contributed by atoms with Crippen LogP contribution in [-0.2, 0) is 6.54 Å². The van der Waals surface area contributed by atoms with Crippen LogP contribution in [0.3, 0.4) is 0 Å². The molecular weight excluding hydrogens is 414 g/mol. The summed E-state index contributed by atoms with van der Waals surface area (Å²) in [4.78, 5) is 14.2. The van der Waals surface area contributed by atoms with Crippen LogP contribution in [0.15, 0.2) is 108 Å². The first-order valence-corrected chi connectivity index (χ1v) is 10.8. The summed E-state index contributed by atoms with van der Waals surface area (Å²) in [6, 6.07) is 20.6. The van der Waals surface area contributed by atoms with Crippen molar-refractivity contribution in [2.24, 2.45) is 0 Å². The van der Waals surface area contributed by atoms with Gasteiger partial charge < -0.3 is 19.2 Å². The molecule has 1 aromatic heterocycles. The number of phenols is 1. The molecule has 0 radical (unpaired) electrons. The van der Waals surface area contributed by atoms with Gasteiger partial charge in [0.1, 0.15) is 24.3 Å². The topological polar surface area (TPSA) is 64.1 Å². The summed E-state index contributed by atoms with van der Waals surface area (Å²) < 4.78 is 11.6. The molecular formula is C28H26NO4+. The van der Waals surface area contributed by atoms with Gasteiger partial charge in [0, 0.05) is 0 Å². The number of nitrogens with one attached hydrogen (secondary N) is 1. The minimum Gasteiger partial charge on any atom is -0.507 e. The van der Waals surface area contributed by atoms with Gasteiger partial charge >= 0.3 is 0 Å². The van der Waals surface area contributed by atoms with Crippen LogP contribution < -0.4 is 15.1 Å². The van der Waals surface area contributed by atoms with Crippen LogP contribution in [0.2, 0.25) is 0 Å². The highest BCUT2D eigenvalue weighted by molar-refractivity contribution is 5.82. The third-order valence-corrected chi connectivity index (χ3v) is 5.47. The van der Waals surface area contributed by atoms with Crippen molar-refractivity contribution in [1.82, 2.24) is 0 Å². The highest BCUT2D eigenvalue weighted by Gasteiger charge is 2.19. The summed E-state index contributed by atoms with van der Waals surface area (Å²) in [6.45, 7) is 9.42. The summed E-state index contributed by atoms with van der Waals surface area (Å²) in [5.41, 5.74) is 2.79. The largest absolute Gasteiger partial charge is 0.507 e. The third-order valence-electron chi connectivity index (χ3n) is 5.47. The molecule has 0 saturated carbocycles. The zero-order valence-electron chi connectivity index (χ0n) is 18.3. The molecule has 0 aliphatic heterocycles. The quantitative estimate of drug-likeness (QED) is 0.370. The van der Waals surface area contributed by atoms with E-state index in [1.165, 1.54) is 12.3 Å². The molecule has 3 aromatic carbocycles. The Morgan fingerprint density at radius 2 is 1.58 bits per heavy atom. The first-order chi connectivity index (χ1) is 16.1. The van der Waals surface area contributed by atoms with Gasteiger partial charge in [-0.15, -0.1) is 0 Å². The summed E-state index contributed by atoms with van der Waals surface area (Å²) in [6.07, 6.45) is 4.93. The van der Waals surface area contributed by atoms with Crippen molar-refractivity contribution in [2.75, 3.05) is 13.1 Å². The predicted molar refractivity (Wildman–Crippen MR) is 131 cm³/mol. The van der Waals surface area contributed by atoms with Gasteiger partial charge in [0.05, 0.1) is 24.0 Å². The smallest absolute Gasteiger partial charge is 0.235 e. The van der Waals surface area contributed by atoms with Crippen molar-refractivity contribution in [1.29, 1.82) is 0 Å². The Bertz CT molecular complexity index is 1310. The molecule has 0 aliphatic carbocycles. The van der Waals surface area contributed by atoms with E-state index in [0.29, 0.717) is 41.9 Å². The van der Waals surface area contributed by atoms with E-state index in [9.17, 15) is 9.90 Å². The molecule has 2 N–H and O–H groups in total. The van der Waals surface area contributed by atoms with Crippen molar-refractivity contribution >= 4 is 11.0 Å². The molecule has 4 rings (SSSR count). The van der Waals surface area contributed by atoms with Crippen molar-refractivity contribution in [3.63, 3.8) is 0 Å². The first kappa shape index (κ1) is 22.1. The van der Waals surface area contributed by atoms with Crippen LogP contribution in [0, 0.1) is 0 Å². The zero-order chi connectivity index (χ0) is 23.2. The van der Waals surface area contributed by atoms with Gasteiger partial charge in [-0.25, -0.2) is 0 Å². The highest BCUT2D eigenvalue weighted by Crippen LogP contribution is 2.29. The second-order valence-corrected chi connectivity index (χ2v) is 7.77. The van der Waals surface area contributed by atoms with Crippen molar-refractivity contribution in [2.45, 2.75) is 6.54 Å². The lowest BCUT2D eigenvalue weighted by Crippen LogP contribution is -3.10. The van der Waals surface area contributed by atoms with Gasteiger partial charge in [-0.3, -0.25) is 4.79 Å². The summed E-state index contributed by atoms with van der Waals surface area (Å²) >= 11 is 0. The lowest BCUT2D eigenvalue weighted by atomic mass is 10.1. The fourth-order valence-electron chi connectivity index (χ4n) is 3.83. The second kappa shape index (κ2) is 10.0. The Hall–Kier alpha value is -4.09. The lowest BCUT2D eigenvalue weighted by Gasteiger charge is -2.17. The van der Waals surface area contributed by atoms with Crippen LogP contribution in [0.4, 0.5) is 0 Å². The van der Waals surface area contributed by atoms with E-state index in [4.69, 9.17) is 9.15 Å². The summed E-state index contributed by atoms with van der Waals surface area (Å²) in [5, 5.41) is 10.8. The van der Waals surface area contributed by atoms with Crippen LogP contribution in [0.25, 0.3) is 22.1 Å². The monoisotopic (exact) mass is 440 g/mol. The summed E-state index contributed by atoms with van der Waals surface area (Å²) in [5.74, 6) is 0.711. The molecule has 0 spiro atoms. The average Bonchev–Trinajstić information content (AvgIpc) is 2.84. The molecule has 0 bridgehead atoms. The Morgan fingerprint density at radius 3 is 2.24 bits per heavy atom. The molecule has 4 aromatic rings. The Morgan fingerprint density at radius 1 is 0.909 bits per heavy atom. The third kappa shape index (κ3) is 4.89. The molecule has 0 saturated heterocycles. The maximum Gasteiger partial charge on any atom is 0.235 e. The molecule has 5 heteroatoms. The zero-order valence-corrected chi connectivity index (χ0v) is 18.3. The standard InChI is InChI=1S/C28H25NO4/c1-3-16-29(17-4-2)18-24-25(30)15-14-23-27(31)26(19-32-28(23)24)33-22-12-10-21(11-13-22)20-8-6-5-7-9-20/h3-15,19,30H,1-2,16-18H2/p+1. The predicted octanol–water partition coefficient (Wildman–Crippen LogP) is 4.71. The first-order valence-electron chi connectivity index (χ1n) is 10.8. The fraction of sp³-hybridized carbons (Fsp3) is 0.107. The molecule has 0 unspecified atom stereocenters. The van der Waals surface area contributed by atoms with Gasteiger partial charge in [-0.2, -0.15) is 0 Å². The van der Waals surface area contributed by atoms with E-state index in [-0.39, 0.29) is 16.9 Å². The van der Waals surface area contributed by atoms with E-state index in [2.05, 4.69) is 13.2 Å². The van der Waals surface area contributed by atoms with E-state index >= 15 is 0 Å². The van der Waals surface area contributed by atoms with Crippen molar-refractivity contribution < 1.29 is 19.2 Å². The number of phenolic OH excluding ortho intramolecular Hbond substituents is 1. The Labute approximate surface area is 192 Å². The van der Waals surface area contributed by atoms with E-state index < -0.39 is 0 Å². The number of fused-ring (bicyclic) bond motifs is 1. The van der Waals surface area contributed by atoms with Gasteiger partial charge in [0.15, 0.2) is 5.58 Å². The maximum atomic E-state index is 13.1.